The summed E-state index contributed by atoms with van der Waals surface area (Å²) in [7, 11) is 3.41. The zero-order valence-corrected chi connectivity index (χ0v) is 10.3. The molecule has 2 aromatic rings. The molecule has 0 bridgehead atoms. The van der Waals surface area contributed by atoms with Gasteiger partial charge < -0.3 is 14.6 Å². The molecule has 96 valence electrons. The lowest BCUT2D eigenvalue weighted by Crippen LogP contribution is -2.15. The van der Waals surface area contributed by atoms with E-state index in [-0.39, 0.29) is 5.82 Å². The van der Waals surface area contributed by atoms with Crippen LogP contribution in [0, 0.1) is 12.7 Å². The van der Waals surface area contributed by atoms with E-state index in [1.54, 1.807) is 25.9 Å². The van der Waals surface area contributed by atoms with Crippen molar-refractivity contribution in [2.45, 2.75) is 13.5 Å². The van der Waals surface area contributed by atoms with Crippen LogP contribution in [-0.2, 0) is 6.54 Å². The molecule has 8 heteroatoms. The van der Waals surface area contributed by atoms with Gasteiger partial charge in [0.2, 0.25) is 17.7 Å². The quantitative estimate of drug-likeness (QED) is 0.868. The summed E-state index contributed by atoms with van der Waals surface area (Å²) in [5.41, 5.74) is 0. The maximum absolute atomic E-state index is 13.4. The Hall–Kier alpha value is -2.25. The van der Waals surface area contributed by atoms with Crippen LogP contribution in [0.3, 0.4) is 0 Å². The minimum absolute atomic E-state index is 0.217. The lowest BCUT2D eigenvalue weighted by atomic mass is 10.5. The van der Waals surface area contributed by atoms with Gasteiger partial charge in [-0.05, 0) is 0 Å². The van der Waals surface area contributed by atoms with Crippen LogP contribution in [0.4, 0.5) is 16.2 Å². The Morgan fingerprint density at radius 3 is 2.78 bits per heavy atom. The smallest absolute Gasteiger partial charge is 0.235 e. The van der Waals surface area contributed by atoms with E-state index in [0.29, 0.717) is 24.3 Å². The molecule has 2 aromatic heterocycles. The minimum atomic E-state index is -0.473. The number of aromatic nitrogens is 4. The summed E-state index contributed by atoms with van der Waals surface area (Å²) < 4.78 is 18.5. The number of hydrogen-bond acceptors (Lipinski definition) is 7. The van der Waals surface area contributed by atoms with Crippen LogP contribution in [-0.4, -0.2) is 34.3 Å². The lowest BCUT2D eigenvalue weighted by Gasteiger charge is -2.12. The second-order valence-corrected chi connectivity index (χ2v) is 3.83. The molecular formula is C10H13FN6O. The van der Waals surface area contributed by atoms with Gasteiger partial charge >= 0.3 is 0 Å². The average Bonchev–Trinajstić information content (AvgIpc) is 2.74. The number of rotatable bonds is 4. The first kappa shape index (κ1) is 12.2. The van der Waals surface area contributed by atoms with Gasteiger partial charge in [-0.1, -0.05) is 0 Å². The number of anilines is 2. The third-order valence-electron chi connectivity index (χ3n) is 2.11. The molecule has 0 amide bonds. The van der Waals surface area contributed by atoms with Crippen molar-refractivity contribution in [2.75, 3.05) is 24.3 Å². The number of nitrogens with zero attached hydrogens (tertiary/aromatic N) is 5. The van der Waals surface area contributed by atoms with Crippen molar-refractivity contribution in [3.8, 4) is 0 Å². The van der Waals surface area contributed by atoms with Crippen molar-refractivity contribution < 1.29 is 8.81 Å². The summed E-state index contributed by atoms with van der Waals surface area (Å²) in [5.74, 6) is 0.956. The summed E-state index contributed by atoms with van der Waals surface area (Å²) in [4.78, 5) is 9.43. The molecule has 2 heterocycles. The highest BCUT2D eigenvalue weighted by Gasteiger charge is 2.09. The fourth-order valence-electron chi connectivity index (χ4n) is 1.32. The van der Waals surface area contributed by atoms with Crippen molar-refractivity contribution in [1.82, 2.24) is 20.2 Å². The second-order valence-electron chi connectivity index (χ2n) is 3.83. The summed E-state index contributed by atoms with van der Waals surface area (Å²) in [6, 6.07) is 0. The van der Waals surface area contributed by atoms with E-state index < -0.39 is 5.82 Å². The van der Waals surface area contributed by atoms with Gasteiger partial charge in [0.05, 0.1) is 12.7 Å². The van der Waals surface area contributed by atoms with Gasteiger partial charge in [-0.15, -0.1) is 10.2 Å². The van der Waals surface area contributed by atoms with Crippen LogP contribution in [0.25, 0.3) is 0 Å². The van der Waals surface area contributed by atoms with E-state index >= 15 is 0 Å². The molecule has 0 aromatic carbocycles. The standard InChI is InChI=1S/C10H13FN6O/c1-6-15-16-8(18-6)5-13-10-12-4-7(11)9(14-10)17(2)3/h4H,5H2,1-3H3,(H,12,13,14). The molecule has 0 radical (unpaired) electrons. The first-order valence-electron chi connectivity index (χ1n) is 5.29. The van der Waals surface area contributed by atoms with Crippen molar-refractivity contribution in [3.63, 3.8) is 0 Å². The number of aryl methyl sites for hydroxylation is 1. The molecule has 0 aliphatic rings. The monoisotopic (exact) mass is 252 g/mol. The van der Waals surface area contributed by atoms with E-state index in [0.717, 1.165) is 6.20 Å². The second kappa shape index (κ2) is 4.94. The highest BCUT2D eigenvalue weighted by atomic mass is 19.1. The van der Waals surface area contributed by atoms with Gasteiger partial charge in [0.15, 0.2) is 11.6 Å². The Labute approximate surface area is 103 Å². The first-order valence-corrected chi connectivity index (χ1v) is 5.29. The van der Waals surface area contributed by atoms with Crippen LogP contribution in [0.5, 0.6) is 0 Å². The summed E-state index contributed by atoms with van der Waals surface area (Å²) >= 11 is 0. The fourth-order valence-corrected chi connectivity index (χ4v) is 1.32. The van der Waals surface area contributed by atoms with Crippen LogP contribution in [0.2, 0.25) is 0 Å². The van der Waals surface area contributed by atoms with Gasteiger partial charge in [-0.2, -0.15) is 4.98 Å². The van der Waals surface area contributed by atoms with Crippen molar-refractivity contribution in [2.24, 2.45) is 0 Å². The fraction of sp³-hybridized carbons (Fsp3) is 0.400. The Kier molecular flexibility index (Phi) is 3.35. The molecule has 0 saturated heterocycles. The van der Waals surface area contributed by atoms with Crippen molar-refractivity contribution >= 4 is 11.8 Å². The molecule has 0 aliphatic carbocycles. The molecule has 0 fully saturated rings. The van der Waals surface area contributed by atoms with Gasteiger partial charge in [0.1, 0.15) is 0 Å². The van der Waals surface area contributed by atoms with Crippen molar-refractivity contribution in [3.05, 3.63) is 23.8 Å². The average molecular weight is 252 g/mol. The Morgan fingerprint density at radius 1 is 1.39 bits per heavy atom. The summed E-state index contributed by atoms with van der Waals surface area (Å²) in [5, 5.41) is 10.4. The molecule has 0 spiro atoms. The lowest BCUT2D eigenvalue weighted by molar-refractivity contribution is 0.474. The predicted molar refractivity (Wildman–Crippen MR) is 62.7 cm³/mol. The third-order valence-corrected chi connectivity index (χ3v) is 2.11. The normalized spacial score (nSPS) is 10.4. The molecule has 0 atom stereocenters. The third kappa shape index (κ3) is 2.70. The zero-order chi connectivity index (χ0) is 13.1. The topological polar surface area (TPSA) is 80.0 Å². The number of halogens is 1. The van der Waals surface area contributed by atoms with Gasteiger partial charge in [-0.3, -0.25) is 0 Å². The minimum Gasteiger partial charge on any atom is -0.424 e. The van der Waals surface area contributed by atoms with Gasteiger partial charge in [-0.25, -0.2) is 9.37 Å². The van der Waals surface area contributed by atoms with Crippen LogP contribution < -0.4 is 10.2 Å². The molecule has 2 rings (SSSR count). The Bertz CT molecular complexity index is 541. The van der Waals surface area contributed by atoms with Crippen LogP contribution >= 0.6 is 0 Å². The Balaban J connectivity index is 2.08. The SMILES string of the molecule is Cc1nnc(CNc2ncc(F)c(N(C)C)n2)o1. The van der Waals surface area contributed by atoms with E-state index in [1.165, 1.54) is 0 Å². The summed E-state index contributed by atoms with van der Waals surface area (Å²) in [6.45, 7) is 1.99. The molecule has 18 heavy (non-hydrogen) atoms. The molecule has 0 aliphatic heterocycles. The van der Waals surface area contributed by atoms with E-state index in [9.17, 15) is 4.39 Å². The maximum atomic E-state index is 13.4. The molecular weight excluding hydrogens is 239 g/mol. The van der Waals surface area contributed by atoms with E-state index in [4.69, 9.17) is 4.42 Å². The van der Waals surface area contributed by atoms with E-state index in [2.05, 4.69) is 25.5 Å². The van der Waals surface area contributed by atoms with Crippen LogP contribution in [0.15, 0.2) is 10.6 Å². The highest BCUT2D eigenvalue weighted by Crippen LogP contribution is 2.14. The first-order chi connectivity index (χ1) is 8.56. The highest BCUT2D eigenvalue weighted by molar-refractivity contribution is 5.42. The largest absolute Gasteiger partial charge is 0.424 e. The Morgan fingerprint density at radius 2 is 2.17 bits per heavy atom. The molecule has 1 N–H and O–H groups in total. The molecule has 7 nitrogen and oxygen atoms in total. The number of nitrogens with one attached hydrogen (secondary N) is 1. The number of hydrogen-bond donors (Lipinski definition) is 1. The van der Waals surface area contributed by atoms with Gasteiger partial charge in [0, 0.05) is 21.0 Å². The molecule has 0 saturated carbocycles. The van der Waals surface area contributed by atoms with Crippen LogP contribution in [0.1, 0.15) is 11.8 Å². The predicted octanol–water partition coefficient (Wildman–Crippen LogP) is 0.985. The molecule has 0 unspecified atom stereocenters. The zero-order valence-electron chi connectivity index (χ0n) is 10.3. The summed E-state index contributed by atoms with van der Waals surface area (Å²) in [6.07, 6.45) is 1.11. The van der Waals surface area contributed by atoms with Gasteiger partial charge in [0.25, 0.3) is 0 Å². The van der Waals surface area contributed by atoms with E-state index in [1.807, 2.05) is 0 Å². The van der Waals surface area contributed by atoms with Crippen molar-refractivity contribution in [1.29, 1.82) is 0 Å². The maximum Gasteiger partial charge on any atom is 0.235 e.